The number of thioether (sulfide) groups is 1. The lowest BCUT2D eigenvalue weighted by molar-refractivity contribution is -0.384. The maximum Gasteiger partial charge on any atom is 0.271 e. The van der Waals surface area contributed by atoms with E-state index in [4.69, 9.17) is 0 Å². The number of benzene rings is 2. The van der Waals surface area contributed by atoms with Crippen molar-refractivity contribution in [3.8, 4) is 0 Å². The first-order chi connectivity index (χ1) is 10.9. The molecule has 2 aromatic rings. The molecule has 0 spiro atoms. The summed E-state index contributed by atoms with van der Waals surface area (Å²) in [5, 5.41) is 13.5. The highest BCUT2D eigenvalue weighted by molar-refractivity contribution is 8.00. The van der Waals surface area contributed by atoms with Gasteiger partial charge in [-0.05, 0) is 49.6 Å². The number of aryl methyl sites for hydroxylation is 3. The second-order valence-electron chi connectivity index (χ2n) is 5.34. The molecule has 0 fully saturated rings. The monoisotopic (exact) mass is 330 g/mol. The molecule has 6 heteroatoms. The van der Waals surface area contributed by atoms with Crippen molar-refractivity contribution in [2.24, 2.45) is 0 Å². The van der Waals surface area contributed by atoms with Gasteiger partial charge in [0.05, 0.1) is 16.4 Å². The van der Waals surface area contributed by atoms with Crippen LogP contribution in [0.25, 0.3) is 0 Å². The molecule has 5 nitrogen and oxygen atoms in total. The average molecular weight is 330 g/mol. The van der Waals surface area contributed by atoms with Crippen molar-refractivity contribution >= 4 is 29.0 Å². The maximum absolute atomic E-state index is 12.1. The van der Waals surface area contributed by atoms with Gasteiger partial charge in [-0.15, -0.1) is 11.8 Å². The molecule has 0 aromatic heterocycles. The highest BCUT2D eigenvalue weighted by atomic mass is 32.2. The minimum absolute atomic E-state index is 0.0345. The smallest absolute Gasteiger partial charge is 0.271 e. The summed E-state index contributed by atoms with van der Waals surface area (Å²) in [5.74, 6) is 0.0711. The number of carbonyl (C=O) groups is 1. The molecule has 0 saturated carbocycles. The van der Waals surface area contributed by atoms with E-state index in [2.05, 4.69) is 5.32 Å². The molecular weight excluding hydrogens is 312 g/mol. The highest BCUT2D eigenvalue weighted by Crippen LogP contribution is 2.24. The normalized spacial score (nSPS) is 10.4. The van der Waals surface area contributed by atoms with Gasteiger partial charge < -0.3 is 5.32 Å². The van der Waals surface area contributed by atoms with Crippen LogP contribution in [0.2, 0.25) is 0 Å². The van der Waals surface area contributed by atoms with Gasteiger partial charge in [0, 0.05) is 17.0 Å². The van der Waals surface area contributed by atoms with Crippen molar-refractivity contribution in [2.45, 2.75) is 25.7 Å². The molecule has 23 heavy (non-hydrogen) atoms. The molecule has 1 amide bonds. The lowest BCUT2D eigenvalue weighted by Crippen LogP contribution is -2.15. The minimum atomic E-state index is -0.473. The zero-order valence-electron chi connectivity index (χ0n) is 13.3. The van der Waals surface area contributed by atoms with E-state index < -0.39 is 4.92 Å². The summed E-state index contributed by atoms with van der Waals surface area (Å²) in [6, 6.07) is 10.5. The number of carbonyl (C=O) groups excluding carboxylic acids is 1. The van der Waals surface area contributed by atoms with E-state index in [0.717, 1.165) is 10.5 Å². The molecule has 0 unspecified atom stereocenters. The van der Waals surface area contributed by atoms with E-state index in [1.54, 1.807) is 13.0 Å². The van der Waals surface area contributed by atoms with E-state index in [-0.39, 0.29) is 17.3 Å². The molecule has 2 aromatic carbocycles. The maximum atomic E-state index is 12.1. The van der Waals surface area contributed by atoms with Crippen LogP contribution >= 0.6 is 11.8 Å². The third-order valence-electron chi connectivity index (χ3n) is 3.55. The first kappa shape index (κ1) is 17.0. The number of amides is 1. The van der Waals surface area contributed by atoms with Crippen LogP contribution < -0.4 is 5.32 Å². The Morgan fingerprint density at radius 3 is 2.43 bits per heavy atom. The van der Waals surface area contributed by atoms with Crippen molar-refractivity contribution in [1.82, 2.24) is 0 Å². The molecular formula is C17H18N2O3S. The minimum Gasteiger partial charge on any atom is -0.325 e. The fraction of sp³-hybridized carbons (Fsp3) is 0.235. The zero-order chi connectivity index (χ0) is 17.0. The Balaban J connectivity index is 2.00. The molecule has 0 heterocycles. The van der Waals surface area contributed by atoms with Crippen LogP contribution in [0.1, 0.15) is 16.7 Å². The van der Waals surface area contributed by atoms with Gasteiger partial charge in [-0.25, -0.2) is 0 Å². The summed E-state index contributed by atoms with van der Waals surface area (Å²) in [7, 11) is 0. The van der Waals surface area contributed by atoms with E-state index in [1.807, 2.05) is 32.0 Å². The molecule has 0 aliphatic rings. The molecule has 1 N–H and O–H groups in total. The van der Waals surface area contributed by atoms with Crippen LogP contribution in [-0.4, -0.2) is 16.6 Å². The third kappa shape index (κ3) is 4.56. The topological polar surface area (TPSA) is 72.2 Å². The van der Waals surface area contributed by atoms with Gasteiger partial charge in [0.2, 0.25) is 5.91 Å². The summed E-state index contributed by atoms with van der Waals surface area (Å²) >= 11 is 1.44. The van der Waals surface area contributed by atoms with E-state index in [1.165, 1.54) is 35.0 Å². The lowest BCUT2D eigenvalue weighted by Gasteiger charge is -2.09. The van der Waals surface area contributed by atoms with Crippen LogP contribution in [0, 0.1) is 30.9 Å². The fourth-order valence-electron chi connectivity index (χ4n) is 2.00. The van der Waals surface area contributed by atoms with Gasteiger partial charge in [-0.1, -0.05) is 12.1 Å². The lowest BCUT2D eigenvalue weighted by atomic mass is 10.1. The SMILES string of the molecule is Cc1ccc(SCC(=O)Nc2cc([N+](=O)[O-])ccc2C)cc1C. The summed E-state index contributed by atoms with van der Waals surface area (Å²) in [6.07, 6.45) is 0. The second-order valence-corrected chi connectivity index (χ2v) is 6.39. The molecule has 2 rings (SSSR count). The van der Waals surface area contributed by atoms with Gasteiger partial charge in [-0.3, -0.25) is 14.9 Å². The van der Waals surface area contributed by atoms with Crippen molar-refractivity contribution in [1.29, 1.82) is 0 Å². The molecule has 0 saturated heterocycles. The highest BCUT2D eigenvalue weighted by Gasteiger charge is 2.11. The predicted octanol–water partition coefficient (Wildman–Crippen LogP) is 4.25. The Hall–Kier alpha value is -2.34. The molecule has 0 aliphatic carbocycles. The van der Waals surface area contributed by atoms with Crippen LogP contribution in [0.15, 0.2) is 41.3 Å². The van der Waals surface area contributed by atoms with Gasteiger partial charge in [0.25, 0.3) is 5.69 Å². The Morgan fingerprint density at radius 2 is 1.78 bits per heavy atom. The number of nitro benzene ring substituents is 1. The molecule has 0 bridgehead atoms. The summed E-state index contributed by atoms with van der Waals surface area (Å²) in [6.45, 7) is 5.88. The Bertz CT molecular complexity index is 759. The molecule has 0 atom stereocenters. The van der Waals surface area contributed by atoms with Gasteiger partial charge in [-0.2, -0.15) is 0 Å². The van der Waals surface area contributed by atoms with Crippen LogP contribution in [0.3, 0.4) is 0 Å². The molecule has 0 aliphatic heterocycles. The second kappa shape index (κ2) is 7.28. The van der Waals surface area contributed by atoms with E-state index in [0.29, 0.717) is 5.69 Å². The number of nitro groups is 1. The van der Waals surface area contributed by atoms with Crippen molar-refractivity contribution in [2.75, 3.05) is 11.1 Å². The number of nitrogens with one attached hydrogen (secondary N) is 1. The largest absolute Gasteiger partial charge is 0.325 e. The van der Waals surface area contributed by atoms with Crippen molar-refractivity contribution in [3.63, 3.8) is 0 Å². The van der Waals surface area contributed by atoms with E-state index >= 15 is 0 Å². The molecule has 120 valence electrons. The Kier molecular flexibility index (Phi) is 5.39. The number of hydrogen-bond donors (Lipinski definition) is 1. The predicted molar refractivity (Wildman–Crippen MR) is 93.1 cm³/mol. The van der Waals surface area contributed by atoms with Crippen molar-refractivity contribution < 1.29 is 9.72 Å². The summed E-state index contributed by atoms with van der Waals surface area (Å²) in [4.78, 5) is 23.4. The summed E-state index contributed by atoms with van der Waals surface area (Å²) in [5.41, 5.74) is 3.63. The average Bonchev–Trinajstić information content (AvgIpc) is 2.50. The zero-order valence-corrected chi connectivity index (χ0v) is 14.1. The third-order valence-corrected chi connectivity index (χ3v) is 4.55. The number of anilines is 1. The standard InChI is InChI=1S/C17H18N2O3S/c1-11-5-7-15(8-13(11)3)23-10-17(20)18-16-9-14(19(21)22)6-4-12(16)2/h4-9H,10H2,1-3H3,(H,18,20). The molecule has 0 radical (unpaired) electrons. The van der Waals surface area contributed by atoms with Gasteiger partial charge in [0.15, 0.2) is 0 Å². The van der Waals surface area contributed by atoms with Gasteiger partial charge in [0.1, 0.15) is 0 Å². The van der Waals surface area contributed by atoms with E-state index in [9.17, 15) is 14.9 Å². The van der Waals surface area contributed by atoms with Crippen LogP contribution in [0.5, 0.6) is 0 Å². The van der Waals surface area contributed by atoms with Crippen molar-refractivity contribution in [3.05, 3.63) is 63.2 Å². The number of non-ortho nitro benzene ring substituents is 1. The van der Waals surface area contributed by atoms with Gasteiger partial charge >= 0.3 is 0 Å². The summed E-state index contributed by atoms with van der Waals surface area (Å²) < 4.78 is 0. The Labute approximate surface area is 139 Å². The number of nitrogens with zero attached hydrogens (tertiary/aromatic N) is 1. The quantitative estimate of drug-likeness (QED) is 0.505. The first-order valence-electron chi connectivity index (χ1n) is 7.12. The fourth-order valence-corrected chi connectivity index (χ4v) is 2.79. The Morgan fingerprint density at radius 1 is 1.09 bits per heavy atom. The first-order valence-corrected chi connectivity index (χ1v) is 8.10. The van der Waals surface area contributed by atoms with Crippen LogP contribution in [0.4, 0.5) is 11.4 Å². The number of rotatable bonds is 5. The van der Waals surface area contributed by atoms with Crippen LogP contribution in [-0.2, 0) is 4.79 Å². The number of hydrogen-bond acceptors (Lipinski definition) is 4.